The second-order valence-corrected chi connectivity index (χ2v) is 8.98. The zero-order chi connectivity index (χ0) is 20.7. The Morgan fingerprint density at radius 1 is 0.893 bits per heavy atom. The summed E-state index contributed by atoms with van der Waals surface area (Å²) >= 11 is 1.17. The molecule has 0 aliphatic carbocycles. The fraction of sp³-hybridized carbons (Fsp3) is 0.263. The smallest absolute Gasteiger partial charge is 0.240 e. The molecule has 7 nitrogen and oxygen atoms in total. The van der Waals surface area contributed by atoms with Crippen LogP contribution in [0.5, 0.6) is 0 Å². The van der Waals surface area contributed by atoms with Gasteiger partial charge in [-0.2, -0.15) is 0 Å². The van der Waals surface area contributed by atoms with Crippen LogP contribution in [-0.4, -0.2) is 38.8 Å². The topological polar surface area (TPSA) is 104 Å². The SMILES string of the molecule is CNS(=O)(=O)c1cc(NC(=O)CSCC(=O)Nc2ccc(C)cc2)ccc1C. The third-order valence-electron chi connectivity index (χ3n) is 3.83. The number of nitrogens with one attached hydrogen (secondary N) is 3. The number of benzene rings is 2. The van der Waals surface area contributed by atoms with E-state index in [2.05, 4.69) is 15.4 Å². The predicted octanol–water partition coefficient (Wildman–Crippen LogP) is 2.52. The molecule has 0 heterocycles. The first-order valence-electron chi connectivity index (χ1n) is 8.49. The van der Waals surface area contributed by atoms with Gasteiger partial charge in [-0.1, -0.05) is 23.8 Å². The highest BCUT2D eigenvalue weighted by atomic mass is 32.2. The van der Waals surface area contributed by atoms with Gasteiger partial charge in [-0.05, 0) is 50.7 Å². The number of amides is 2. The summed E-state index contributed by atoms with van der Waals surface area (Å²) in [5, 5.41) is 5.42. The molecule has 0 atom stereocenters. The summed E-state index contributed by atoms with van der Waals surface area (Å²) in [6, 6.07) is 12.1. The molecule has 0 aliphatic heterocycles. The third kappa shape index (κ3) is 6.36. The number of thioether (sulfide) groups is 1. The van der Waals surface area contributed by atoms with Gasteiger partial charge in [0.25, 0.3) is 0 Å². The van der Waals surface area contributed by atoms with Crippen molar-refractivity contribution in [2.24, 2.45) is 0 Å². The van der Waals surface area contributed by atoms with E-state index in [0.717, 1.165) is 5.56 Å². The second kappa shape index (κ2) is 9.72. The van der Waals surface area contributed by atoms with Crippen molar-refractivity contribution in [3.8, 4) is 0 Å². The fourth-order valence-electron chi connectivity index (χ4n) is 2.34. The Hall–Kier alpha value is -2.36. The van der Waals surface area contributed by atoms with Crippen LogP contribution in [-0.2, 0) is 19.6 Å². The van der Waals surface area contributed by atoms with Crippen LogP contribution in [0.15, 0.2) is 47.4 Å². The number of hydrogen-bond acceptors (Lipinski definition) is 5. The maximum atomic E-state index is 12.1. The van der Waals surface area contributed by atoms with E-state index < -0.39 is 10.0 Å². The van der Waals surface area contributed by atoms with E-state index in [1.807, 2.05) is 31.2 Å². The molecule has 2 aromatic rings. The summed E-state index contributed by atoms with van der Waals surface area (Å²) in [7, 11) is -2.28. The van der Waals surface area contributed by atoms with E-state index in [1.54, 1.807) is 19.1 Å². The summed E-state index contributed by atoms with van der Waals surface area (Å²) < 4.78 is 26.3. The molecular formula is C19H23N3O4S2. The first-order chi connectivity index (χ1) is 13.2. The van der Waals surface area contributed by atoms with E-state index in [1.165, 1.54) is 24.9 Å². The predicted molar refractivity (Wildman–Crippen MR) is 113 cm³/mol. The first-order valence-corrected chi connectivity index (χ1v) is 11.1. The molecule has 0 bridgehead atoms. The van der Waals surface area contributed by atoms with Crippen LogP contribution in [0.2, 0.25) is 0 Å². The van der Waals surface area contributed by atoms with Crippen LogP contribution < -0.4 is 15.4 Å². The molecule has 150 valence electrons. The van der Waals surface area contributed by atoms with Crippen molar-refractivity contribution in [3.63, 3.8) is 0 Å². The molecule has 0 aliphatic rings. The summed E-state index contributed by atoms with van der Waals surface area (Å²) in [4.78, 5) is 24.1. The Labute approximate surface area is 169 Å². The van der Waals surface area contributed by atoms with Gasteiger partial charge in [0.2, 0.25) is 21.8 Å². The van der Waals surface area contributed by atoms with E-state index in [-0.39, 0.29) is 28.2 Å². The number of anilines is 2. The summed E-state index contributed by atoms with van der Waals surface area (Å²) in [5.74, 6) is -0.304. The molecular weight excluding hydrogens is 398 g/mol. The Morgan fingerprint density at radius 3 is 2.00 bits per heavy atom. The van der Waals surface area contributed by atoms with Gasteiger partial charge in [0.05, 0.1) is 16.4 Å². The molecule has 2 aromatic carbocycles. The number of rotatable bonds is 8. The molecule has 3 N–H and O–H groups in total. The Balaban J connectivity index is 1.85. The largest absolute Gasteiger partial charge is 0.325 e. The van der Waals surface area contributed by atoms with Crippen molar-refractivity contribution in [2.45, 2.75) is 18.7 Å². The van der Waals surface area contributed by atoms with Crippen LogP contribution in [0.3, 0.4) is 0 Å². The molecule has 0 saturated carbocycles. The number of carbonyl (C=O) groups excluding carboxylic acids is 2. The van der Waals surface area contributed by atoms with Crippen LogP contribution in [0, 0.1) is 13.8 Å². The molecule has 2 amide bonds. The molecule has 2 rings (SSSR count). The Kier molecular flexibility index (Phi) is 7.61. The molecule has 9 heteroatoms. The minimum absolute atomic E-state index is 0.0727. The van der Waals surface area contributed by atoms with Gasteiger partial charge >= 0.3 is 0 Å². The van der Waals surface area contributed by atoms with Crippen molar-refractivity contribution >= 4 is 45.0 Å². The average Bonchev–Trinajstić information content (AvgIpc) is 2.65. The summed E-state index contributed by atoms with van der Waals surface area (Å²) in [6.07, 6.45) is 0. The highest BCUT2D eigenvalue weighted by molar-refractivity contribution is 8.00. The molecule has 0 radical (unpaired) electrons. The molecule has 0 fully saturated rings. The zero-order valence-corrected chi connectivity index (χ0v) is 17.5. The Morgan fingerprint density at radius 2 is 1.43 bits per heavy atom. The standard InChI is InChI=1S/C19H23N3O4S2/c1-13-4-7-15(8-5-13)21-18(23)11-27-12-19(24)22-16-9-6-14(2)17(10-16)28(25,26)20-3/h4-10,20H,11-12H2,1-3H3,(H,21,23)(H,22,24). The van der Waals surface area contributed by atoms with E-state index in [0.29, 0.717) is 16.9 Å². The average molecular weight is 422 g/mol. The number of aryl methyl sites for hydroxylation is 2. The lowest BCUT2D eigenvalue weighted by Crippen LogP contribution is -2.21. The highest BCUT2D eigenvalue weighted by Gasteiger charge is 2.16. The number of carbonyl (C=O) groups is 2. The van der Waals surface area contributed by atoms with Crippen molar-refractivity contribution in [1.82, 2.24) is 4.72 Å². The quantitative estimate of drug-likeness (QED) is 0.608. The number of sulfonamides is 1. The molecule has 0 aromatic heterocycles. The molecule has 0 saturated heterocycles. The normalized spacial score (nSPS) is 11.1. The Bertz CT molecular complexity index is 958. The second-order valence-electron chi connectivity index (χ2n) is 6.14. The van der Waals surface area contributed by atoms with Gasteiger partial charge in [0, 0.05) is 11.4 Å². The van der Waals surface area contributed by atoms with Gasteiger partial charge in [-0.15, -0.1) is 11.8 Å². The van der Waals surface area contributed by atoms with Crippen LogP contribution in [0.25, 0.3) is 0 Å². The lowest BCUT2D eigenvalue weighted by molar-refractivity contribution is -0.114. The van der Waals surface area contributed by atoms with Gasteiger partial charge in [0.1, 0.15) is 0 Å². The molecule has 0 spiro atoms. The van der Waals surface area contributed by atoms with Gasteiger partial charge in [0.15, 0.2) is 0 Å². The summed E-state index contributed by atoms with van der Waals surface area (Å²) in [6.45, 7) is 3.64. The van der Waals surface area contributed by atoms with Crippen molar-refractivity contribution < 1.29 is 18.0 Å². The minimum atomic E-state index is -3.61. The lowest BCUT2D eigenvalue weighted by atomic mass is 10.2. The van der Waals surface area contributed by atoms with Gasteiger partial charge in [-0.3, -0.25) is 9.59 Å². The van der Waals surface area contributed by atoms with E-state index in [4.69, 9.17) is 0 Å². The van der Waals surface area contributed by atoms with Crippen LogP contribution in [0.1, 0.15) is 11.1 Å². The molecule has 0 unspecified atom stereocenters. The zero-order valence-electron chi connectivity index (χ0n) is 15.9. The van der Waals surface area contributed by atoms with E-state index in [9.17, 15) is 18.0 Å². The molecule has 28 heavy (non-hydrogen) atoms. The van der Waals surface area contributed by atoms with Crippen molar-refractivity contribution in [2.75, 3.05) is 29.2 Å². The monoisotopic (exact) mass is 421 g/mol. The van der Waals surface area contributed by atoms with Crippen LogP contribution in [0.4, 0.5) is 11.4 Å². The third-order valence-corrected chi connectivity index (χ3v) is 6.32. The maximum Gasteiger partial charge on any atom is 0.240 e. The van der Waals surface area contributed by atoms with Crippen molar-refractivity contribution in [3.05, 3.63) is 53.6 Å². The van der Waals surface area contributed by atoms with Gasteiger partial charge < -0.3 is 10.6 Å². The maximum absolute atomic E-state index is 12.1. The lowest BCUT2D eigenvalue weighted by Gasteiger charge is -2.10. The van der Waals surface area contributed by atoms with Crippen LogP contribution >= 0.6 is 11.8 Å². The van der Waals surface area contributed by atoms with E-state index >= 15 is 0 Å². The minimum Gasteiger partial charge on any atom is -0.325 e. The fourth-order valence-corrected chi connectivity index (χ4v) is 3.96. The first kappa shape index (κ1) is 21.9. The van der Waals surface area contributed by atoms with Crippen molar-refractivity contribution in [1.29, 1.82) is 0 Å². The number of hydrogen-bond donors (Lipinski definition) is 3. The van der Waals surface area contributed by atoms with Gasteiger partial charge in [-0.25, -0.2) is 13.1 Å². The summed E-state index contributed by atoms with van der Waals surface area (Å²) in [5.41, 5.74) is 2.77. The highest BCUT2D eigenvalue weighted by Crippen LogP contribution is 2.20.